The molecule has 1 aromatic carbocycles. The highest BCUT2D eigenvalue weighted by molar-refractivity contribution is 6.35. The molecule has 2 aliphatic rings. The van der Waals surface area contributed by atoms with Crippen molar-refractivity contribution >= 4 is 17.4 Å². The minimum Gasteiger partial charge on any atom is -0.494 e. The Bertz CT molecular complexity index is 741. The molecular weight excluding hydrogens is 356 g/mol. The van der Waals surface area contributed by atoms with E-state index in [1.165, 1.54) is 4.90 Å². The van der Waals surface area contributed by atoms with Crippen molar-refractivity contribution in [1.82, 2.24) is 9.80 Å². The molecule has 152 valence electrons. The average Bonchev–Trinajstić information content (AvgIpc) is 2.95. The van der Waals surface area contributed by atoms with Crippen molar-refractivity contribution in [2.45, 2.75) is 33.1 Å². The quantitative estimate of drug-likeness (QED) is 0.643. The van der Waals surface area contributed by atoms with Crippen LogP contribution in [0.25, 0.3) is 5.57 Å². The van der Waals surface area contributed by atoms with E-state index < -0.39 is 0 Å². The average molecular weight is 386 g/mol. The molecule has 1 fully saturated rings. The number of hydrogen-bond donors (Lipinski definition) is 0. The van der Waals surface area contributed by atoms with Gasteiger partial charge in [0.15, 0.2) is 0 Å². The lowest BCUT2D eigenvalue weighted by atomic mass is 9.97. The van der Waals surface area contributed by atoms with Gasteiger partial charge < -0.3 is 14.4 Å². The molecule has 1 saturated heterocycles. The zero-order chi connectivity index (χ0) is 20.1. The maximum atomic E-state index is 13.1. The number of likely N-dealkylation sites (tertiary alicyclic amines) is 1. The lowest BCUT2D eigenvalue weighted by molar-refractivity contribution is -0.138. The van der Waals surface area contributed by atoms with Gasteiger partial charge in [-0.05, 0) is 42.9 Å². The molecule has 1 aromatic rings. The van der Waals surface area contributed by atoms with Gasteiger partial charge in [0.1, 0.15) is 11.4 Å². The van der Waals surface area contributed by atoms with Crippen molar-refractivity contribution in [2.24, 2.45) is 5.92 Å². The van der Waals surface area contributed by atoms with Crippen molar-refractivity contribution < 1.29 is 19.1 Å². The second-order valence-corrected chi connectivity index (χ2v) is 7.54. The van der Waals surface area contributed by atoms with E-state index in [1.807, 2.05) is 24.3 Å². The summed E-state index contributed by atoms with van der Waals surface area (Å²) < 4.78 is 10.7. The minimum absolute atomic E-state index is 0.211. The van der Waals surface area contributed by atoms with Crippen molar-refractivity contribution in [1.29, 1.82) is 0 Å². The summed E-state index contributed by atoms with van der Waals surface area (Å²) in [4.78, 5) is 29.7. The SMILES string of the molecule is CCCOc1ccc(C2=C(N3CCCC(C)C3)C(=O)N(CCOC)C2=O)cc1. The molecule has 2 heterocycles. The van der Waals surface area contributed by atoms with Crippen LogP contribution in [0.1, 0.15) is 38.7 Å². The molecule has 0 aliphatic carbocycles. The number of piperidine rings is 1. The number of amides is 2. The van der Waals surface area contributed by atoms with Gasteiger partial charge in [-0.25, -0.2) is 0 Å². The normalized spacial score (nSPS) is 20.3. The van der Waals surface area contributed by atoms with Crippen molar-refractivity contribution in [3.8, 4) is 5.75 Å². The Labute approximate surface area is 167 Å². The first-order valence-corrected chi connectivity index (χ1v) is 10.1. The maximum Gasteiger partial charge on any atom is 0.277 e. The molecule has 1 atom stereocenters. The number of methoxy groups -OCH3 is 1. The van der Waals surface area contributed by atoms with Crippen LogP contribution in [0.15, 0.2) is 30.0 Å². The van der Waals surface area contributed by atoms with Crippen molar-refractivity contribution in [3.63, 3.8) is 0 Å². The number of rotatable bonds is 8. The molecule has 2 amide bonds. The fourth-order valence-corrected chi connectivity index (χ4v) is 3.83. The summed E-state index contributed by atoms with van der Waals surface area (Å²) in [5, 5.41) is 0. The van der Waals surface area contributed by atoms with Crippen LogP contribution in [0.4, 0.5) is 0 Å². The van der Waals surface area contributed by atoms with Gasteiger partial charge in [0.2, 0.25) is 0 Å². The summed E-state index contributed by atoms with van der Waals surface area (Å²) in [6.07, 6.45) is 3.12. The Balaban J connectivity index is 1.95. The van der Waals surface area contributed by atoms with E-state index in [0.29, 0.717) is 30.4 Å². The second-order valence-electron chi connectivity index (χ2n) is 7.54. The fraction of sp³-hybridized carbons (Fsp3) is 0.545. The standard InChI is InChI=1S/C22H30N2O4/c1-4-13-28-18-9-7-17(8-10-18)19-20(23-11-5-6-16(2)15-23)22(26)24(21(19)25)12-14-27-3/h7-10,16H,4-6,11-15H2,1-3H3. The predicted octanol–water partition coefficient (Wildman–Crippen LogP) is 2.93. The number of hydrogen-bond acceptors (Lipinski definition) is 5. The van der Waals surface area contributed by atoms with E-state index in [0.717, 1.165) is 43.7 Å². The van der Waals surface area contributed by atoms with Crippen LogP contribution in [0, 0.1) is 5.92 Å². The fourth-order valence-electron chi connectivity index (χ4n) is 3.83. The Morgan fingerprint density at radius 1 is 1.11 bits per heavy atom. The van der Waals surface area contributed by atoms with E-state index in [2.05, 4.69) is 18.7 Å². The first-order valence-electron chi connectivity index (χ1n) is 10.1. The van der Waals surface area contributed by atoms with Crippen LogP contribution in [0.2, 0.25) is 0 Å². The number of imide groups is 1. The van der Waals surface area contributed by atoms with Crippen molar-refractivity contribution in [2.75, 3.05) is 40.0 Å². The summed E-state index contributed by atoms with van der Waals surface area (Å²) in [5.41, 5.74) is 1.79. The van der Waals surface area contributed by atoms with Crippen LogP contribution in [-0.2, 0) is 14.3 Å². The first kappa shape index (κ1) is 20.4. The van der Waals surface area contributed by atoms with E-state index in [4.69, 9.17) is 9.47 Å². The third-order valence-electron chi connectivity index (χ3n) is 5.25. The molecule has 0 saturated carbocycles. The molecule has 6 heteroatoms. The van der Waals surface area contributed by atoms with Gasteiger partial charge in [0.05, 0.1) is 25.3 Å². The highest BCUT2D eigenvalue weighted by Gasteiger charge is 2.41. The van der Waals surface area contributed by atoms with E-state index in [1.54, 1.807) is 7.11 Å². The van der Waals surface area contributed by atoms with Gasteiger partial charge >= 0.3 is 0 Å². The van der Waals surface area contributed by atoms with E-state index in [9.17, 15) is 9.59 Å². The monoisotopic (exact) mass is 386 g/mol. The lowest BCUT2D eigenvalue weighted by Crippen LogP contribution is -2.40. The number of ether oxygens (including phenoxy) is 2. The highest BCUT2D eigenvalue weighted by atomic mass is 16.5. The van der Waals surface area contributed by atoms with Gasteiger partial charge in [-0.1, -0.05) is 26.0 Å². The largest absolute Gasteiger partial charge is 0.494 e. The van der Waals surface area contributed by atoms with Gasteiger partial charge in [0, 0.05) is 20.2 Å². The van der Waals surface area contributed by atoms with E-state index in [-0.39, 0.29) is 18.4 Å². The molecule has 0 radical (unpaired) electrons. The minimum atomic E-state index is -0.238. The Kier molecular flexibility index (Phi) is 6.73. The third-order valence-corrected chi connectivity index (χ3v) is 5.25. The number of carbonyl (C=O) groups is 2. The van der Waals surface area contributed by atoms with Crippen LogP contribution in [0.3, 0.4) is 0 Å². The molecule has 0 N–H and O–H groups in total. The van der Waals surface area contributed by atoms with Crippen LogP contribution in [-0.4, -0.2) is 61.6 Å². The highest BCUT2D eigenvalue weighted by Crippen LogP contribution is 2.34. The molecule has 0 bridgehead atoms. The van der Waals surface area contributed by atoms with Gasteiger partial charge in [-0.3, -0.25) is 14.5 Å². The number of benzene rings is 1. The van der Waals surface area contributed by atoms with Crippen LogP contribution < -0.4 is 4.74 Å². The summed E-state index contributed by atoms with van der Waals surface area (Å²) in [6, 6.07) is 7.48. The van der Waals surface area contributed by atoms with Gasteiger partial charge in [-0.2, -0.15) is 0 Å². The third kappa shape index (κ3) is 4.22. The summed E-state index contributed by atoms with van der Waals surface area (Å²) in [7, 11) is 1.57. The maximum absolute atomic E-state index is 13.1. The van der Waals surface area contributed by atoms with Gasteiger partial charge in [0.25, 0.3) is 11.8 Å². The summed E-state index contributed by atoms with van der Waals surface area (Å²) in [5.74, 6) is 0.825. The molecule has 2 aliphatic heterocycles. The molecule has 0 aromatic heterocycles. The topological polar surface area (TPSA) is 59.1 Å². The Morgan fingerprint density at radius 3 is 2.50 bits per heavy atom. The number of nitrogens with zero attached hydrogens (tertiary/aromatic N) is 2. The Hall–Kier alpha value is -2.34. The van der Waals surface area contributed by atoms with Crippen LogP contribution >= 0.6 is 0 Å². The van der Waals surface area contributed by atoms with Gasteiger partial charge in [-0.15, -0.1) is 0 Å². The molecule has 6 nitrogen and oxygen atoms in total. The zero-order valence-electron chi connectivity index (χ0n) is 17.1. The zero-order valence-corrected chi connectivity index (χ0v) is 17.1. The molecule has 28 heavy (non-hydrogen) atoms. The second kappa shape index (κ2) is 9.24. The van der Waals surface area contributed by atoms with Crippen LogP contribution in [0.5, 0.6) is 5.75 Å². The molecule has 0 spiro atoms. The summed E-state index contributed by atoms with van der Waals surface area (Å²) in [6.45, 7) is 7.10. The Morgan fingerprint density at radius 2 is 1.86 bits per heavy atom. The molecular formula is C22H30N2O4. The van der Waals surface area contributed by atoms with E-state index >= 15 is 0 Å². The summed E-state index contributed by atoms with van der Waals surface area (Å²) >= 11 is 0. The smallest absolute Gasteiger partial charge is 0.277 e. The lowest BCUT2D eigenvalue weighted by Gasteiger charge is -2.33. The van der Waals surface area contributed by atoms with Crippen molar-refractivity contribution in [3.05, 3.63) is 35.5 Å². The number of carbonyl (C=O) groups excluding carboxylic acids is 2. The first-order chi connectivity index (χ1) is 13.6. The predicted molar refractivity (Wildman–Crippen MR) is 108 cm³/mol. The molecule has 1 unspecified atom stereocenters. The molecule has 3 rings (SSSR count).